The summed E-state index contributed by atoms with van der Waals surface area (Å²) in [5.74, 6) is 1.71. The Kier molecular flexibility index (Phi) is 5.91. The van der Waals surface area contributed by atoms with Crippen molar-refractivity contribution in [2.75, 3.05) is 5.75 Å². The molecule has 0 aliphatic carbocycles. The summed E-state index contributed by atoms with van der Waals surface area (Å²) in [4.78, 5) is 18.7. The molecule has 2 aromatic carbocycles. The van der Waals surface area contributed by atoms with E-state index in [2.05, 4.69) is 12.1 Å². The third-order valence-corrected chi connectivity index (χ3v) is 6.90. The van der Waals surface area contributed by atoms with Gasteiger partial charge in [-0.2, -0.15) is 0 Å². The second-order valence-corrected chi connectivity index (χ2v) is 8.86. The zero-order valence-electron chi connectivity index (χ0n) is 14.7. The summed E-state index contributed by atoms with van der Waals surface area (Å²) in [7, 11) is 0. The lowest BCUT2D eigenvalue weighted by atomic mass is 10.1. The van der Waals surface area contributed by atoms with Crippen LogP contribution in [-0.4, -0.2) is 15.3 Å². The predicted octanol–water partition coefficient (Wildman–Crippen LogP) is 5.08. The first-order chi connectivity index (χ1) is 13.2. The molecule has 3 nitrogen and oxygen atoms in total. The van der Waals surface area contributed by atoms with E-state index < -0.39 is 0 Å². The van der Waals surface area contributed by atoms with E-state index in [4.69, 9.17) is 16.6 Å². The molecule has 0 atom stereocenters. The second kappa shape index (κ2) is 8.55. The van der Waals surface area contributed by atoms with Crippen LogP contribution in [0.1, 0.15) is 16.8 Å². The van der Waals surface area contributed by atoms with E-state index in [1.807, 2.05) is 47.0 Å². The van der Waals surface area contributed by atoms with Crippen molar-refractivity contribution in [2.24, 2.45) is 0 Å². The highest BCUT2D eigenvalue weighted by atomic mass is 35.5. The minimum atomic E-state index is 0.108. The van der Waals surface area contributed by atoms with Crippen LogP contribution >= 0.6 is 35.1 Å². The fourth-order valence-electron chi connectivity index (χ4n) is 3.05. The molecular formula is C21H19ClN2OS2. The molecule has 1 aromatic heterocycles. The van der Waals surface area contributed by atoms with E-state index >= 15 is 0 Å². The van der Waals surface area contributed by atoms with Crippen LogP contribution in [0, 0.1) is 0 Å². The Bertz CT molecular complexity index is 988. The molecule has 1 aliphatic heterocycles. The number of nitrogens with zero attached hydrogens (tertiary/aromatic N) is 2. The van der Waals surface area contributed by atoms with Crippen LogP contribution in [0.25, 0.3) is 0 Å². The normalized spacial score (nSPS) is 12.9. The fourth-order valence-corrected chi connectivity index (χ4v) is 5.21. The minimum Gasteiger partial charge on any atom is -0.286 e. The number of benzene rings is 2. The first kappa shape index (κ1) is 18.7. The van der Waals surface area contributed by atoms with Gasteiger partial charge in [0.15, 0.2) is 5.16 Å². The van der Waals surface area contributed by atoms with E-state index in [1.165, 1.54) is 11.1 Å². The molecule has 0 amide bonds. The minimum absolute atomic E-state index is 0.108. The maximum absolute atomic E-state index is 13.0. The smallest absolute Gasteiger partial charge is 0.268 e. The molecule has 0 unspecified atom stereocenters. The summed E-state index contributed by atoms with van der Waals surface area (Å²) in [5.41, 5.74) is 3.46. The molecule has 0 saturated heterocycles. The topological polar surface area (TPSA) is 34.9 Å². The standard InChI is InChI=1S/C21H19ClN2OS2/c22-17-8-6-16(7-9-17)14-27-21-23-18-11-13-26-19(18)20(25)24(21)12-10-15-4-2-1-3-5-15/h1-9H,10-14H2. The lowest BCUT2D eigenvalue weighted by Crippen LogP contribution is -2.26. The largest absolute Gasteiger partial charge is 0.286 e. The maximum Gasteiger partial charge on any atom is 0.268 e. The van der Waals surface area contributed by atoms with Crippen LogP contribution in [0.3, 0.4) is 0 Å². The Morgan fingerprint density at radius 2 is 1.85 bits per heavy atom. The van der Waals surface area contributed by atoms with Crippen LogP contribution < -0.4 is 5.56 Å². The SMILES string of the molecule is O=c1c2c(nc(SCc3ccc(Cl)cc3)n1CCc1ccccc1)CCS2. The van der Waals surface area contributed by atoms with Gasteiger partial charge in [0.25, 0.3) is 5.56 Å². The summed E-state index contributed by atoms with van der Waals surface area (Å²) >= 11 is 9.23. The predicted molar refractivity (Wildman–Crippen MR) is 114 cm³/mol. The van der Waals surface area contributed by atoms with Crippen molar-refractivity contribution >= 4 is 35.1 Å². The van der Waals surface area contributed by atoms with Crippen molar-refractivity contribution in [3.8, 4) is 0 Å². The van der Waals surface area contributed by atoms with Gasteiger partial charge in [-0.25, -0.2) is 4.98 Å². The Morgan fingerprint density at radius 3 is 2.63 bits per heavy atom. The lowest BCUT2D eigenvalue weighted by molar-refractivity contribution is 0.565. The lowest BCUT2D eigenvalue weighted by Gasteiger charge is -2.14. The third-order valence-electron chi connectivity index (χ3n) is 4.50. The van der Waals surface area contributed by atoms with Crippen LogP contribution in [-0.2, 0) is 25.1 Å². The zero-order valence-corrected chi connectivity index (χ0v) is 17.1. The number of halogens is 1. The fraction of sp³-hybridized carbons (Fsp3) is 0.238. The van der Waals surface area contributed by atoms with Crippen LogP contribution in [0.5, 0.6) is 0 Å². The molecule has 2 heterocycles. The molecule has 0 saturated carbocycles. The molecule has 0 bridgehead atoms. The molecule has 4 rings (SSSR count). The van der Waals surface area contributed by atoms with Gasteiger partial charge in [0.2, 0.25) is 0 Å². The number of hydrogen-bond donors (Lipinski definition) is 0. The first-order valence-electron chi connectivity index (χ1n) is 8.88. The summed E-state index contributed by atoms with van der Waals surface area (Å²) in [5, 5.41) is 1.54. The Balaban J connectivity index is 1.59. The van der Waals surface area contributed by atoms with Crippen molar-refractivity contribution in [1.29, 1.82) is 0 Å². The number of aromatic nitrogens is 2. The van der Waals surface area contributed by atoms with E-state index in [9.17, 15) is 4.79 Å². The van der Waals surface area contributed by atoms with Crippen molar-refractivity contribution in [2.45, 2.75) is 35.2 Å². The number of thioether (sulfide) groups is 2. The number of hydrogen-bond acceptors (Lipinski definition) is 4. The van der Waals surface area contributed by atoms with Gasteiger partial charge in [-0.05, 0) is 29.7 Å². The highest BCUT2D eigenvalue weighted by Crippen LogP contribution is 2.30. The molecule has 0 fully saturated rings. The average molecular weight is 415 g/mol. The Labute approximate surface area is 172 Å². The highest BCUT2D eigenvalue weighted by molar-refractivity contribution is 7.99. The monoisotopic (exact) mass is 414 g/mol. The molecule has 138 valence electrons. The number of rotatable bonds is 6. The molecule has 0 radical (unpaired) electrons. The number of aryl methyl sites for hydroxylation is 2. The Morgan fingerprint density at radius 1 is 1.07 bits per heavy atom. The van der Waals surface area contributed by atoms with Crippen LogP contribution in [0.4, 0.5) is 0 Å². The molecule has 0 N–H and O–H groups in total. The van der Waals surface area contributed by atoms with Gasteiger partial charge in [-0.15, -0.1) is 11.8 Å². The van der Waals surface area contributed by atoms with E-state index in [0.717, 1.165) is 45.1 Å². The highest BCUT2D eigenvalue weighted by Gasteiger charge is 2.21. The van der Waals surface area contributed by atoms with E-state index in [0.29, 0.717) is 6.54 Å². The van der Waals surface area contributed by atoms with Crippen LogP contribution in [0.2, 0.25) is 5.02 Å². The molecule has 27 heavy (non-hydrogen) atoms. The van der Waals surface area contributed by atoms with Gasteiger partial charge in [-0.3, -0.25) is 9.36 Å². The average Bonchev–Trinajstić information content (AvgIpc) is 3.17. The van der Waals surface area contributed by atoms with Gasteiger partial charge in [-0.1, -0.05) is 65.8 Å². The summed E-state index contributed by atoms with van der Waals surface area (Å²) < 4.78 is 1.85. The van der Waals surface area contributed by atoms with Crippen molar-refractivity contribution in [3.05, 3.63) is 86.8 Å². The summed E-state index contributed by atoms with van der Waals surface area (Å²) in [6.45, 7) is 0.645. The van der Waals surface area contributed by atoms with Gasteiger partial charge in [0, 0.05) is 29.5 Å². The molecule has 3 aromatic rings. The van der Waals surface area contributed by atoms with E-state index in [-0.39, 0.29) is 5.56 Å². The Hall–Kier alpha value is -1.69. The second-order valence-electron chi connectivity index (χ2n) is 6.38. The van der Waals surface area contributed by atoms with Crippen molar-refractivity contribution in [1.82, 2.24) is 9.55 Å². The maximum atomic E-state index is 13.0. The molecular weight excluding hydrogens is 396 g/mol. The van der Waals surface area contributed by atoms with Crippen molar-refractivity contribution in [3.63, 3.8) is 0 Å². The zero-order chi connectivity index (χ0) is 18.6. The molecule has 1 aliphatic rings. The van der Waals surface area contributed by atoms with Crippen LogP contribution in [0.15, 0.2) is 69.4 Å². The quantitative estimate of drug-likeness (QED) is 0.416. The molecule has 6 heteroatoms. The number of fused-ring (bicyclic) bond motifs is 1. The molecule has 0 spiro atoms. The van der Waals surface area contributed by atoms with Gasteiger partial charge >= 0.3 is 0 Å². The summed E-state index contributed by atoms with van der Waals surface area (Å²) in [6.07, 6.45) is 1.70. The summed E-state index contributed by atoms with van der Waals surface area (Å²) in [6, 6.07) is 18.1. The van der Waals surface area contributed by atoms with Gasteiger partial charge < -0.3 is 0 Å². The first-order valence-corrected chi connectivity index (χ1v) is 11.2. The van der Waals surface area contributed by atoms with E-state index in [1.54, 1.807) is 23.5 Å². The van der Waals surface area contributed by atoms with Crippen molar-refractivity contribution < 1.29 is 0 Å². The van der Waals surface area contributed by atoms with Gasteiger partial charge in [0.05, 0.1) is 10.6 Å². The third kappa shape index (κ3) is 4.42. The van der Waals surface area contributed by atoms with Gasteiger partial charge in [0.1, 0.15) is 0 Å².